The van der Waals surface area contributed by atoms with Crippen molar-refractivity contribution in [3.63, 3.8) is 0 Å². The third-order valence-corrected chi connectivity index (χ3v) is 4.98. The first-order valence-corrected chi connectivity index (χ1v) is 8.07. The monoisotopic (exact) mass is 314 g/mol. The van der Waals surface area contributed by atoms with E-state index in [1.54, 1.807) is 12.3 Å². The summed E-state index contributed by atoms with van der Waals surface area (Å²) in [6, 6.07) is 13.0. The van der Waals surface area contributed by atoms with E-state index in [0.29, 0.717) is 11.1 Å². The summed E-state index contributed by atoms with van der Waals surface area (Å²) in [5, 5.41) is 0. The van der Waals surface area contributed by atoms with Crippen LogP contribution in [-0.2, 0) is 5.41 Å². The van der Waals surface area contributed by atoms with Gasteiger partial charge in [-0.05, 0) is 42.7 Å². The second kappa shape index (κ2) is 4.77. The lowest BCUT2D eigenvalue weighted by Crippen LogP contribution is -2.21. The Morgan fingerprint density at radius 1 is 1.12 bits per heavy atom. The van der Waals surface area contributed by atoms with Crippen LogP contribution in [0.4, 0.5) is 17.3 Å². The molecule has 3 heterocycles. The highest BCUT2D eigenvalue weighted by Gasteiger charge is 2.52. The van der Waals surface area contributed by atoms with Gasteiger partial charge >= 0.3 is 0 Å². The van der Waals surface area contributed by atoms with Crippen LogP contribution in [-0.4, -0.2) is 21.5 Å². The molecule has 2 aliphatic rings. The van der Waals surface area contributed by atoms with E-state index in [2.05, 4.69) is 32.0 Å². The minimum atomic E-state index is 0.307. The van der Waals surface area contributed by atoms with E-state index >= 15 is 0 Å². The van der Waals surface area contributed by atoms with E-state index < -0.39 is 0 Å². The lowest BCUT2D eigenvalue weighted by molar-refractivity contribution is 0.735. The molecule has 1 radical (unpaired) electrons. The summed E-state index contributed by atoms with van der Waals surface area (Å²) in [7, 11) is 0. The van der Waals surface area contributed by atoms with Crippen molar-refractivity contribution in [2.24, 2.45) is 0 Å². The lowest BCUT2D eigenvalue weighted by Gasteiger charge is -2.17. The highest BCUT2D eigenvalue weighted by Crippen LogP contribution is 2.57. The van der Waals surface area contributed by atoms with Crippen LogP contribution >= 0.6 is 0 Å². The van der Waals surface area contributed by atoms with Gasteiger partial charge in [-0.3, -0.25) is 4.98 Å². The zero-order chi connectivity index (χ0) is 16.1. The van der Waals surface area contributed by atoms with Crippen molar-refractivity contribution >= 4 is 17.3 Å². The van der Waals surface area contributed by atoms with E-state index in [9.17, 15) is 0 Å². The standard InChI is InChI=1S/C19H16N5/c20-14-5-8-21-16(9-14)13-10-22-18(23-11-13)24-12-19(6-7-19)15-3-1-2-4-17(15)24/h1,3-5,8-11H,6-7,12H2,(H2,20,21). The number of pyridine rings is 1. The molecule has 0 amide bonds. The second-order valence-electron chi connectivity index (χ2n) is 6.56. The van der Waals surface area contributed by atoms with Gasteiger partial charge in [-0.2, -0.15) is 0 Å². The van der Waals surface area contributed by atoms with Gasteiger partial charge in [-0.15, -0.1) is 0 Å². The molecule has 24 heavy (non-hydrogen) atoms. The summed E-state index contributed by atoms with van der Waals surface area (Å²) < 4.78 is 0. The average Bonchev–Trinajstić information content (AvgIpc) is 3.33. The number of hydrogen-bond acceptors (Lipinski definition) is 5. The molecule has 0 saturated heterocycles. The molecule has 2 N–H and O–H groups in total. The van der Waals surface area contributed by atoms with Crippen LogP contribution < -0.4 is 10.6 Å². The van der Waals surface area contributed by atoms with Crippen LogP contribution in [0, 0.1) is 6.07 Å². The molecule has 1 aliphatic heterocycles. The van der Waals surface area contributed by atoms with Gasteiger partial charge in [-0.1, -0.05) is 12.1 Å². The van der Waals surface area contributed by atoms with Gasteiger partial charge in [-0.25, -0.2) is 9.97 Å². The molecule has 0 unspecified atom stereocenters. The van der Waals surface area contributed by atoms with E-state index in [4.69, 9.17) is 5.73 Å². The Bertz CT molecular complexity index is 915. The first-order valence-electron chi connectivity index (χ1n) is 8.07. The summed E-state index contributed by atoms with van der Waals surface area (Å²) in [6.07, 6.45) is 7.81. The molecular formula is C19H16N5. The van der Waals surface area contributed by atoms with Gasteiger partial charge in [0.2, 0.25) is 5.95 Å². The van der Waals surface area contributed by atoms with Crippen molar-refractivity contribution in [2.75, 3.05) is 17.2 Å². The Balaban J connectivity index is 1.51. The topological polar surface area (TPSA) is 67.9 Å². The molecule has 5 rings (SSSR count). The van der Waals surface area contributed by atoms with E-state index in [1.165, 1.54) is 24.1 Å². The molecule has 1 aromatic carbocycles. The Hall–Kier alpha value is -2.95. The van der Waals surface area contributed by atoms with Gasteiger partial charge in [0.15, 0.2) is 0 Å². The molecule has 3 aromatic rings. The Labute approximate surface area is 140 Å². The van der Waals surface area contributed by atoms with E-state index in [-0.39, 0.29) is 0 Å². The average molecular weight is 314 g/mol. The Morgan fingerprint density at radius 2 is 1.96 bits per heavy atom. The normalized spacial score (nSPS) is 17.1. The maximum atomic E-state index is 5.82. The molecule has 1 saturated carbocycles. The quantitative estimate of drug-likeness (QED) is 0.787. The summed E-state index contributed by atoms with van der Waals surface area (Å²) in [5.74, 6) is 0.729. The molecule has 1 spiro atoms. The number of hydrogen-bond donors (Lipinski definition) is 1. The van der Waals surface area contributed by atoms with Crippen LogP contribution in [0.5, 0.6) is 0 Å². The molecule has 5 heteroatoms. The van der Waals surface area contributed by atoms with Crippen molar-refractivity contribution in [2.45, 2.75) is 18.3 Å². The largest absolute Gasteiger partial charge is 0.399 e. The van der Waals surface area contributed by atoms with Gasteiger partial charge in [0.25, 0.3) is 0 Å². The molecule has 0 atom stereocenters. The van der Waals surface area contributed by atoms with Crippen LogP contribution in [0.2, 0.25) is 0 Å². The van der Waals surface area contributed by atoms with Crippen LogP contribution in [0.3, 0.4) is 0 Å². The number of anilines is 3. The second-order valence-corrected chi connectivity index (χ2v) is 6.56. The highest BCUT2D eigenvalue weighted by molar-refractivity contribution is 5.71. The zero-order valence-electron chi connectivity index (χ0n) is 13.1. The fourth-order valence-electron chi connectivity index (χ4n) is 3.52. The number of nitrogen functional groups attached to an aromatic ring is 1. The smallest absolute Gasteiger partial charge is 0.229 e. The van der Waals surface area contributed by atoms with Crippen molar-refractivity contribution in [1.82, 2.24) is 15.0 Å². The fraction of sp³-hybridized carbons (Fsp3) is 0.211. The zero-order valence-corrected chi connectivity index (χ0v) is 13.1. The summed E-state index contributed by atoms with van der Waals surface area (Å²) >= 11 is 0. The molecule has 5 nitrogen and oxygen atoms in total. The van der Waals surface area contributed by atoms with Crippen molar-refractivity contribution in [1.29, 1.82) is 0 Å². The summed E-state index contributed by atoms with van der Waals surface area (Å²) in [6.45, 7) is 0.954. The molecule has 2 aromatic heterocycles. The van der Waals surface area contributed by atoms with Crippen molar-refractivity contribution < 1.29 is 0 Å². The number of nitrogens with two attached hydrogens (primary N) is 1. The number of aromatic nitrogens is 3. The number of benzene rings is 1. The summed E-state index contributed by atoms with van der Waals surface area (Å²) in [5.41, 5.74) is 11.1. The molecule has 0 bridgehead atoms. The van der Waals surface area contributed by atoms with Gasteiger partial charge < -0.3 is 10.6 Å². The van der Waals surface area contributed by atoms with Crippen LogP contribution in [0.15, 0.2) is 48.9 Å². The van der Waals surface area contributed by atoms with Gasteiger partial charge in [0.1, 0.15) is 0 Å². The molecule has 117 valence electrons. The first kappa shape index (κ1) is 13.5. The van der Waals surface area contributed by atoms with Crippen LogP contribution in [0.1, 0.15) is 18.4 Å². The third-order valence-electron chi connectivity index (χ3n) is 4.98. The predicted octanol–water partition coefficient (Wildman–Crippen LogP) is 3.10. The minimum absolute atomic E-state index is 0.307. The van der Waals surface area contributed by atoms with Crippen molar-refractivity contribution in [3.8, 4) is 11.3 Å². The SMILES string of the molecule is Nc1ccnc(-c2cnc(N3CC4(CC4)c4cc[c]cc43)nc2)c1. The number of nitrogens with zero attached hydrogens (tertiary/aromatic N) is 4. The molecule has 1 aliphatic carbocycles. The molecular weight excluding hydrogens is 298 g/mol. The van der Waals surface area contributed by atoms with Gasteiger partial charge in [0.05, 0.1) is 5.69 Å². The van der Waals surface area contributed by atoms with Gasteiger partial charge in [0, 0.05) is 47.5 Å². The summed E-state index contributed by atoms with van der Waals surface area (Å²) in [4.78, 5) is 15.7. The maximum Gasteiger partial charge on any atom is 0.229 e. The minimum Gasteiger partial charge on any atom is -0.399 e. The number of fused-ring (bicyclic) bond motifs is 2. The van der Waals surface area contributed by atoms with E-state index in [1.807, 2.05) is 30.6 Å². The van der Waals surface area contributed by atoms with Crippen molar-refractivity contribution in [3.05, 3.63) is 60.6 Å². The lowest BCUT2D eigenvalue weighted by atomic mass is 9.99. The van der Waals surface area contributed by atoms with Crippen LogP contribution in [0.25, 0.3) is 11.3 Å². The van der Waals surface area contributed by atoms with E-state index in [0.717, 1.165) is 23.8 Å². The predicted molar refractivity (Wildman–Crippen MR) is 92.9 cm³/mol. The number of rotatable bonds is 2. The third kappa shape index (κ3) is 1.98. The Morgan fingerprint density at radius 3 is 2.71 bits per heavy atom. The Kier molecular flexibility index (Phi) is 2.68. The molecule has 1 fully saturated rings. The highest BCUT2D eigenvalue weighted by atomic mass is 15.3. The first-order chi connectivity index (χ1) is 11.8. The maximum absolute atomic E-state index is 5.82. The fourth-order valence-corrected chi connectivity index (χ4v) is 3.52.